The lowest BCUT2D eigenvalue weighted by Crippen LogP contribution is -2.37. The Hall–Kier alpha value is -3.85. The molecule has 2 aromatic carbocycles. The van der Waals surface area contributed by atoms with Crippen LogP contribution in [0.3, 0.4) is 0 Å². The number of aromatic amines is 1. The van der Waals surface area contributed by atoms with Crippen molar-refractivity contribution < 1.29 is 9.53 Å². The fourth-order valence-electron chi connectivity index (χ4n) is 4.84. The molecule has 9 nitrogen and oxygen atoms in total. The highest BCUT2D eigenvalue weighted by Gasteiger charge is 2.30. The van der Waals surface area contributed by atoms with Crippen molar-refractivity contribution >= 4 is 16.9 Å². The van der Waals surface area contributed by atoms with Gasteiger partial charge in [-0.1, -0.05) is 44.2 Å². The number of esters is 1. The van der Waals surface area contributed by atoms with Gasteiger partial charge in [0.05, 0.1) is 12.6 Å². The number of aromatic nitrogens is 5. The molecule has 0 saturated carbocycles. The third-order valence-corrected chi connectivity index (χ3v) is 6.87. The van der Waals surface area contributed by atoms with Crippen molar-refractivity contribution in [3.8, 4) is 0 Å². The summed E-state index contributed by atoms with van der Waals surface area (Å²) in [5.74, 6) is 0.281. The van der Waals surface area contributed by atoms with Gasteiger partial charge in [-0.05, 0) is 83.8 Å². The maximum absolute atomic E-state index is 13.2. The van der Waals surface area contributed by atoms with E-state index >= 15 is 0 Å². The van der Waals surface area contributed by atoms with E-state index < -0.39 is 5.97 Å². The number of nitrogens with zero attached hydrogens (tertiary/aromatic N) is 5. The van der Waals surface area contributed by atoms with Crippen molar-refractivity contribution in [2.24, 2.45) is 5.92 Å². The molecule has 0 fully saturated rings. The number of carbonyl (C=O) groups excluding carboxylic acids is 1. The predicted molar refractivity (Wildman–Crippen MR) is 147 cm³/mol. The highest BCUT2D eigenvalue weighted by atomic mass is 16.5. The molecule has 9 heteroatoms. The summed E-state index contributed by atoms with van der Waals surface area (Å²) < 4.78 is 6.64. The largest absolute Gasteiger partial charge is 0.465 e. The van der Waals surface area contributed by atoms with Gasteiger partial charge in [0.15, 0.2) is 5.82 Å². The molecule has 200 valence electrons. The summed E-state index contributed by atoms with van der Waals surface area (Å²) in [6, 6.07) is 16.1. The van der Waals surface area contributed by atoms with Crippen molar-refractivity contribution in [1.29, 1.82) is 0 Å². The third kappa shape index (κ3) is 6.34. The van der Waals surface area contributed by atoms with E-state index in [2.05, 4.69) is 64.4 Å². The molecule has 0 aliphatic rings. The summed E-state index contributed by atoms with van der Waals surface area (Å²) >= 11 is 0. The molecule has 0 spiro atoms. The summed E-state index contributed by atoms with van der Waals surface area (Å²) in [7, 11) is 0. The van der Waals surface area contributed by atoms with Gasteiger partial charge in [0.2, 0.25) is 0 Å². The normalized spacial score (nSPS) is 12.4. The Bertz CT molecular complexity index is 1440. The number of fused-ring (bicyclic) bond motifs is 1. The molecule has 0 amide bonds. The van der Waals surface area contributed by atoms with Crippen molar-refractivity contribution in [3.05, 3.63) is 87.0 Å². The molecule has 2 aromatic heterocycles. The van der Waals surface area contributed by atoms with E-state index in [9.17, 15) is 9.59 Å². The summed E-state index contributed by atoms with van der Waals surface area (Å²) in [5, 5.41) is 13.3. The van der Waals surface area contributed by atoms with E-state index in [0.717, 1.165) is 22.9 Å². The zero-order valence-corrected chi connectivity index (χ0v) is 22.8. The predicted octanol–water partition coefficient (Wildman–Crippen LogP) is 4.14. The monoisotopic (exact) mass is 516 g/mol. The number of carbonyl (C=O) groups is 1. The average Bonchev–Trinajstić information content (AvgIpc) is 3.32. The van der Waals surface area contributed by atoms with E-state index in [0.29, 0.717) is 24.5 Å². The fourth-order valence-corrected chi connectivity index (χ4v) is 4.84. The van der Waals surface area contributed by atoms with Crippen LogP contribution in [0.4, 0.5) is 0 Å². The number of hydrogen-bond donors (Lipinski definition) is 1. The molecule has 1 atom stereocenters. The Morgan fingerprint density at radius 3 is 2.55 bits per heavy atom. The van der Waals surface area contributed by atoms with E-state index in [1.165, 1.54) is 15.8 Å². The van der Waals surface area contributed by atoms with Crippen LogP contribution in [-0.4, -0.2) is 49.2 Å². The Morgan fingerprint density at radius 2 is 1.84 bits per heavy atom. The number of aryl methyl sites for hydroxylation is 2. The number of H-pyrrole nitrogens is 1. The van der Waals surface area contributed by atoms with E-state index in [1.807, 2.05) is 37.3 Å². The first-order valence-electron chi connectivity index (χ1n) is 13.1. The lowest BCUT2D eigenvalue weighted by molar-refractivity contribution is -0.144. The van der Waals surface area contributed by atoms with Gasteiger partial charge < -0.3 is 9.72 Å². The number of pyridine rings is 1. The quantitative estimate of drug-likeness (QED) is 0.299. The molecule has 0 saturated heterocycles. The minimum atomic E-state index is -0.393. The molecule has 2 heterocycles. The van der Waals surface area contributed by atoms with Gasteiger partial charge in [0.1, 0.15) is 6.54 Å². The number of ether oxygens (including phenoxy) is 1. The van der Waals surface area contributed by atoms with Crippen LogP contribution in [0, 0.1) is 19.8 Å². The van der Waals surface area contributed by atoms with Crippen molar-refractivity contribution in [1.82, 2.24) is 30.1 Å². The van der Waals surface area contributed by atoms with Crippen LogP contribution >= 0.6 is 0 Å². The maximum Gasteiger partial charge on any atom is 0.327 e. The second-order valence-electron chi connectivity index (χ2n) is 10.0. The highest BCUT2D eigenvalue weighted by Crippen LogP contribution is 2.29. The maximum atomic E-state index is 13.2. The first kappa shape index (κ1) is 27.2. The zero-order valence-electron chi connectivity index (χ0n) is 22.8. The summed E-state index contributed by atoms with van der Waals surface area (Å²) in [4.78, 5) is 30.8. The van der Waals surface area contributed by atoms with E-state index in [1.54, 1.807) is 6.92 Å². The van der Waals surface area contributed by atoms with Crippen LogP contribution in [0.1, 0.15) is 54.9 Å². The standard InChI is InChI=1S/C29H36N6O3/c1-6-38-26(36)18-35-28(31-32-33-35)27(19(2)3)34(13-12-22-10-8-7-9-11-22)17-24-16-23-14-20(4)21(5)15-25(23)30-29(24)37/h7-11,14-16,19,27H,6,12-13,17-18H2,1-5H3,(H,30,37). The molecule has 4 rings (SSSR count). The van der Waals surface area contributed by atoms with E-state index in [-0.39, 0.29) is 30.7 Å². The zero-order chi connectivity index (χ0) is 27.2. The van der Waals surface area contributed by atoms with Gasteiger partial charge >= 0.3 is 5.97 Å². The summed E-state index contributed by atoms with van der Waals surface area (Å²) in [6.45, 7) is 11.4. The van der Waals surface area contributed by atoms with E-state index in [4.69, 9.17) is 4.74 Å². The Labute approximate surface area is 222 Å². The van der Waals surface area contributed by atoms with Gasteiger partial charge in [-0.2, -0.15) is 0 Å². The molecule has 0 radical (unpaired) electrons. The van der Waals surface area contributed by atoms with Crippen LogP contribution in [-0.2, 0) is 29.0 Å². The van der Waals surface area contributed by atoms with Crippen LogP contribution in [0.5, 0.6) is 0 Å². The Kier molecular flexibility index (Phi) is 8.68. The molecular formula is C29H36N6O3. The van der Waals surface area contributed by atoms with Gasteiger partial charge in [0, 0.05) is 24.2 Å². The Morgan fingerprint density at radius 1 is 1.11 bits per heavy atom. The summed E-state index contributed by atoms with van der Waals surface area (Å²) in [6.07, 6.45) is 0.785. The second kappa shape index (κ2) is 12.1. The van der Waals surface area contributed by atoms with Crippen LogP contribution in [0.15, 0.2) is 53.3 Å². The van der Waals surface area contributed by atoms with Crippen molar-refractivity contribution in [2.75, 3.05) is 13.2 Å². The summed E-state index contributed by atoms with van der Waals surface area (Å²) in [5.41, 5.74) is 4.90. The fraction of sp³-hybridized carbons (Fsp3) is 0.414. The van der Waals surface area contributed by atoms with Crippen LogP contribution in [0.25, 0.3) is 10.9 Å². The SMILES string of the molecule is CCOC(=O)Cn1nnnc1C(C(C)C)N(CCc1ccccc1)Cc1cc2cc(C)c(C)cc2[nH]c1=O. The third-order valence-electron chi connectivity index (χ3n) is 6.87. The van der Waals surface area contributed by atoms with Crippen molar-refractivity contribution in [2.45, 2.75) is 60.2 Å². The molecule has 38 heavy (non-hydrogen) atoms. The first-order chi connectivity index (χ1) is 18.3. The van der Waals surface area contributed by atoms with Crippen LogP contribution in [0.2, 0.25) is 0 Å². The van der Waals surface area contributed by atoms with Crippen molar-refractivity contribution in [3.63, 3.8) is 0 Å². The molecule has 4 aromatic rings. The molecule has 1 unspecified atom stereocenters. The number of hydrogen-bond acceptors (Lipinski definition) is 7. The molecule has 0 aliphatic carbocycles. The minimum Gasteiger partial charge on any atom is -0.465 e. The number of rotatable bonds is 11. The molecule has 0 bridgehead atoms. The second-order valence-corrected chi connectivity index (χ2v) is 10.0. The number of benzene rings is 2. The van der Waals surface area contributed by atoms with Crippen LogP contribution < -0.4 is 5.56 Å². The average molecular weight is 517 g/mol. The number of nitrogens with one attached hydrogen (secondary N) is 1. The topological polar surface area (TPSA) is 106 Å². The van der Waals surface area contributed by atoms with Gasteiger partial charge in [-0.25, -0.2) is 4.68 Å². The molecular weight excluding hydrogens is 480 g/mol. The smallest absolute Gasteiger partial charge is 0.327 e. The highest BCUT2D eigenvalue weighted by molar-refractivity contribution is 5.80. The minimum absolute atomic E-state index is 0.0683. The lowest BCUT2D eigenvalue weighted by atomic mass is 9.99. The number of tetrazole rings is 1. The molecule has 1 N–H and O–H groups in total. The van der Waals surface area contributed by atoms with Gasteiger partial charge in [-0.3, -0.25) is 14.5 Å². The van der Waals surface area contributed by atoms with Gasteiger partial charge in [-0.15, -0.1) is 5.10 Å². The van der Waals surface area contributed by atoms with Gasteiger partial charge in [0.25, 0.3) is 5.56 Å². The lowest BCUT2D eigenvalue weighted by Gasteiger charge is -2.33. The first-order valence-corrected chi connectivity index (χ1v) is 13.1. The Balaban J connectivity index is 1.72. The molecule has 0 aliphatic heterocycles.